The molecule has 0 aromatic carbocycles. The summed E-state index contributed by atoms with van der Waals surface area (Å²) in [5.74, 6) is 0.255. The van der Waals surface area contributed by atoms with Crippen LogP contribution in [0.1, 0.15) is 45.4 Å². The summed E-state index contributed by atoms with van der Waals surface area (Å²) in [5.41, 5.74) is 0.222. The Balaban J connectivity index is 1.74. The number of likely N-dealkylation sites (N-methyl/N-ethyl adjacent to an activating group) is 1. The van der Waals surface area contributed by atoms with Crippen LogP contribution in [0.25, 0.3) is 0 Å². The second-order valence-corrected chi connectivity index (χ2v) is 5.36. The molecule has 0 unspecified atom stereocenters. The minimum atomic E-state index is 0.222. The van der Waals surface area contributed by atoms with Crippen molar-refractivity contribution in [1.29, 1.82) is 0 Å². The molecule has 2 saturated carbocycles. The van der Waals surface area contributed by atoms with Crippen molar-refractivity contribution >= 4 is 5.91 Å². The number of amides is 1. The van der Waals surface area contributed by atoms with Gasteiger partial charge in [0.15, 0.2) is 0 Å². The smallest absolute Gasteiger partial charge is 0.236 e. The van der Waals surface area contributed by atoms with Crippen LogP contribution >= 0.6 is 0 Å². The van der Waals surface area contributed by atoms with E-state index in [9.17, 15) is 4.79 Å². The Hall–Kier alpha value is -0.570. The third kappa shape index (κ3) is 2.71. The van der Waals surface area contributed by atoms with Crippen molar-refractivity contribution in [2.24, 2.45) is 0 Å². The molecule has 15 heavy (non-hydrogen) atoms. The van der Waals surface area contributed by atoms with E-state index in [-0.39, 0.29) is 11.4 Å². The largest absolute Gasteiger partial charge is 0.342 e. The van der Waals surface area contributed by atoms with E-state index in [0.717, 1.165) is 0 Å². The molecule has 0 aromatic heterocycles. The highest BCUT2D eigenvalue weighted by atomic mass is 16.2. The van der Waals surface area contributed by atoms with Gasteiger partial charge in [-0.3, -0.25) is 4.79 Å². The molecule has 2 fully saturated rings. The van der Waals surface area contributed by atoms with Gasteiger partial charge >= 0.3 is 0 Å². The second kappa shape index (κ2) is 4.12. The highest BCUT2D eigenvalue weighted by Gasteiger charge is 2.32. The lowest BCUT2D eigenvalue weighted by Crippen LogP contribution is -2.46. The van der Waals surface area contributed by atoms with Gasteiger partial charge < -0.3 is 10.2 Å². The fourth-order valence-electron chi connectivity index (χ4n) is 2.41. The Morgan fingerprint density at radius 3 is 2.53 bits per heavy atom. The van der Waals surface area contributed by atoms with E-state index in [2.05, 4.69) is 12.2 Å². The molecule has 0 aliphatic heterocycles. The molecule has 3 heteroatoms. The fraction of sp³-hybridized carbons (Fsp3) is 0.917. The SMILES string of the molecule is CN(C(=O)CNC1(C)CCCC1)C1CC1. The van der Waals surface area contributed by atoms with Crippen molar-refractivity contribution in [3.8, 4) is 0 Å². The molecule has 2 aliphatic carbocycles. The van der Waals surface area contributed by atoms with Crippen molar-refractivity contribution in [2.75, 3.05) is 13.6 Å². The zero-order valence-electron chi connectivity index (χ0n) is 9.88. The molecule has 0 spiro atoms. The van der Waals surface area contributed by atoms with Crippen LogP contribution in [-0.2, 0) is 4.79 Å². The van der Waals surface area contributed by atoms with Crippen molar-refractivity contribution < 1.29 is 4.79 Å². The standard InChI is InChI=1S/C12H22N2O/c1-12(7-3-4-8-12)13-9-11(15)14(2)10-5-6-10/h10,13H,3-9H2,1-2H3. The third-order valence-corrected chi connectivity index (χ3v) is 3.86. The van der Waals surface area contributed by atoms with Gasteiger partial charge in [-0.2, -0.15) is 0 Å². The molecule has 2 aliphatic rings. The lowest BCUT2D eigenvalue weighted by molar-refractivity contribution is -0.129. The van der Waals surface area contributed by atoms with E-state index < -0.39 is 0 Å². The minimum absolute atomic E-state index is 0.222. The fourth-order valence-corrected chi connectivity index (χ4v) is 2.41. The zero-order valence-corrected chi connectivity index (χ0v) is 9.88. The van der Waals surface area contributed by atoms with Gasteiger partial charge in [-0.25, -0.2) is 0 Å². The van der Waals surface area contributed by atoms with Gasteiger partial charge in [-0.15, -0.1) is 0 Å². The number of hydrogen-bond acceptors (Lipinski definition) is 2. The first kappa shape index (κ1) is 10.9. The summed E-state index contributed by atoms with van der Waals surface area (Å²) >= 11 is 0. The molecular formula is C12H22N2O. The molecule has 2 rings (SSSR count). The van der Waals surface area contributed by atoms with E-state index >= 15 is 0 Å². The Morgan fingerprint density at radius 2 is 2.00 bits per heavy atom. The Kier molecular flexibility index (Phi) is 3.01. The van der Waals surface area contributed by atoms with Crippen LogP contribution in [-0.4, -0.2) is 36.0 Å². The Bertz CT molecular complexity index is 242. The number of carbonyl (C=O) groups excluding carboxylic acids is 1. The van der Waals surface area contributed by atoms with Gasteiger partial charge in [0.05, 0.1) is 6.54 Å². The summed E-state index contributed by atoms with van der Waals surface area (Å²) in [4.78, 5) is 13.7. The summed E-state index contributed by atoms with van der Waals surface area (Å²) in [6.07, 6.45) is 7.42. The summed E-state index contributed by atoms with van der Waals surface area (Å²) in [5, 5.41) is 3.43. The van der Waals surface area contributed by atoms with Crippen LogP contribution in [0.15, 0.2) is 0 Å². The highest BCUT2D eigenvalue weighted by Crippen LogP contribution is 2.29. The van der Waals surface area contributed by atoms with Gasteiger partial charge in [0.2, 0.25) is 5.91 Å². The van der Waals surface area contributed by atoms with Crippen LogP contribution in [0, 0.1) is 0 Å². The maximum absolute atomic E-state index is 11.8. The van der Waals surface area contributed by atoms with E-state index in [0.29, 0.717) is 12.6 Å². The summed E-state index contributed by atoms with van der Waals surface area (Å²) in [7, 11) is 1.93. The van der Waals surface area contributed by atoms with Gasteiger partial charge in [0.25, 0.3) is 0 Å². The predicted molar refractivity (Wildman–Crippen MR) is 60.7 cm³/mol. The molecule has 0 heterocycles. The van der Waals surface area contributed by atoms with Crippen LogP contribution in [0.3, 0.4) is 0 Å². The number of rotatable bonds is 4. The number of carbonyl (C=O) groups is 1. The molecule has 0 aromatic rings. The molecule has 0 radical (unpaired) electrons. The topological polar surface area (TPSA) is 32.3 Å². The first-order valence-electron chi connectivity index (χ1n) is 6.11. The molecule has 0 bridgehead atoms. The molecular weight excluding hydrogens is 188 g/mol. The average molecular weight is 210 g/mol. The van der Waals surface area contributed by atoms with Crippen molar-refractivity contribution in [3.63, 3.8) is 0 Å². The Labute approximate surface area is 92.2 Å². The van der Waals surface area contributed by atoms with Crippen LogP contribution < -0.4 is 5.32 Å². The minimum Gasteiger partial charge on any atom is -0.342 e. The van der Waals surface area contributed by atoms with E-state index in [4.69, 9.17) is 0 Å². The number of nitrogens with zero attached hydrogens (tertiary/aromatic N) is 1. The second-order valence-electron chi connectivity index (χ2n) is 5.36. The zero-order chi connectivity index (χ0) is 10.9. The maximum Gasteiger partial charge on any atom is 0.236 e. The summed E-state index contributed by atoms with van der Waals surface area (Å²) in [6.45, 7) is 2.76. The summed E-state index contributed by atoms with van der Waals surface area (Å²) in [6, 6.07) is 0.538. The third-order valence-electron chi connectivity index (χ3n) is 3.86. The van der Waals surface area contributed by atoms with Crippen molar-refractivity contribution in [3.05, 3.63) is 0 Å². The first-order chi connectivity index (χ1) is 7.11. The molecule has 0 atom stereocenters. The number of hydrogen-bond donors (Lipinski definition) is 1. The lowest BCUT2D eigenvalue weighted by atomic mass is 10.0. The van der Waals surface area contributed by atoms with Crippen LogP contribution in [0.4, 0.5) is 0 Å². The van der Waals surface area contributed by atoms with Crippen molar-refractivity contribution in [1.82, 2.24) is 10.2 Å². The lowest BCUT2D eigenvalue weighted by Gasteiger charge is -2.26. The molecule has 1 N–H and O–H groups in total. The van der Waals surface area contributed by atoms with Gasteiger partial charge in [-0.1, -0.05) is 12.8 Å². The van der Waals surface area contributed by atoms with Gasteiger partial charge in [0, 0.05) is 18.6 Å². The highest BCUT2D eigenvalue weighted by molar-refractivity contribution is 5.78. The average Bonchev–Trinajstić information content (AvgIpc) is 2.98. The molecule has 0 saturated heterocycles. The number of nitrogens with one attached hydrogen (secondary N) is 1. The van der Waals surface area contributed by atoms with E-state index in [1.165, 1.54) is 38.5 Å². The van der Waals surface area contributed by atoms with E-state index in [1.54, 1.807) is 0 Å². The Morgan fingerprint density at radius 1 is 1.40 bits per heavy atom. The molecule has 3 nitrogen and oxygen atoms in total. The van der Waals surface area contributed by atoms with Crippen molar-refractivity contribution in [2.45, 2.75) is 57.0 Å². The quantitative estimate of drug-likeness (QED) is 0.763. The van der Waals surface area contributed by atoms with Gasteiger partial charge in [-0.05, 0) is 32.6 Å². The first-order valence-corrected chi connectivity index (χ1v) is 6.11. The normalized spacial score (nSPS) is 24.1. The van der Waals surface area contributed by atoms with Crippen LogP contribution in [0.5, 0.6) is 0 Å². The summed E-state index contributed by atoms with van der Waals surface area (Å²) < 4.78 is 0. The van der Waals surface area contributed by atoms with Crippen LogP contribution in [0.2, 0.25) is 0 Å². The van der Waals surface area contributed by atoms with Gasteiger partial charge in [0.1, 0.15) is 0 Å². The maximum atomic E-state index is 11.8. The monoisotopic (exact) mass is 210 g/mol. The molecule has 86 valence electrons. The predicted octanol–water partition coefficient (Wildman–Crippen LogP) is 1.53. The van der Waals surface area contributed by atoms with E-state index in [1.807, 2.05) is 11.9 Å². The molecule has 1 amide bonds.